The fourth-order valence-corrected chi connectivity index (χ4v) is 3.15. The lowest BCUT2D eigenvalue weighted by molar-refractivity contribution is -0.117. The molecule has 27 heavy (non-hydrogen) atoms. The first kappa shape index (κ1) is 18.7. The molecule has 1 aromatic carbocycles. The molecule has 2 heterocycles. The summed E-state index contributed by atoms with van der Waals surface area (Å²) >= 11 is 1.19. The van der Waals surface area contributed by atoms with E-state index in [1.807, 2.05) is 0 Å². The van der Waals surface area contributed by atoms with Crippen LogP contribution >= 0.6 is 11.3 Å². The highest BCUT2D eigenvalue weighted by Crippen LogP contribution is 2.31. The lowest BCUT2D eigenvalue weighted by Crippen LogP contribution is -2.41. The molecule has 0 radical (unpaired) electrons. The minimum atomic E-state index is -0.972. The van der Waals surface area contributed by atoms with E-state index in [9.17, 15) is 18.4 Å². The van der Waals surface area contributed by atoms with E-state index in [1.165, 1.54) is 36.7 Å². The van der Waals surface area contributed by atoms with Crippen molar-refractivity contribution in [1.29, 1.82) is 0 Å². The predicted molar refractivity (Wildman–Crippen MR) is 96.5 cm³/mol. The van der Waals surface area contributed by atoms with E-state index in [-0.39, 0.29) is 10.9 Å². The largest absolute Gasteiger partial charge is 0.459 e. The lowest BCUT2D eigenvalue weighted by Gasteiger charge is -2.11. The maximum atomic E-state index is 13.4. The smallest absolute Gasteiger partial charge is 0.287 e. The van der Waals surface area contributed by atoms with Gasteiger partial charge in [0.05, 0.1) is 12.0 Å². The van der Waals surface area contributed by atoms with E-state index in [0.29, 0.717) is 11.3 Å². The Morgan fingerprint density at radius 1 is 1.22 bits per heavy atom. The predicted octanol–water partition coefficient (Wildman–Crippen LogP) is 3.75. The third-order valence-electron chi connectivity index (χ3n) is 3.71. The number of amides is 2. The number of rotatable bonds is 5. The van der Waals surface area contributed by atoms with Gasteiger partial charge in [-0.05, 0) is 44.2 Å². The summed E-state index contributed by atoms with van der Waals surface area (Å²) in [5.74, 6) is -2.80. The number of aromatic nitrogens is 1. The van der Waals surface area contributed by atoms with Crippen molar-refractivity contribution >= 4 is 28.3 Å². The van der Waals surface area contributed by atoms with Gasteiger partial charge in [-0.15, -0.1) is 11.3 Å². The second-order valence-corrected chi connectivity index (χ2v) is 6.92. The van der Waals surface area contributed by atoms with Crippen LogP contribution in [-0.2, 0) is 4.79 Å². The summed E-state index contributed by atoms with van der Waals surface area (Å²) in [5, 5.41) is 5.40. The molecule has 0 spiro atoms. The maximum absolute atomic E-state index is 13.4. The fraction of sp³-hybridized carbons (Fsp3) is 0.167. The summed E-state index contributed by atoms with van der Waals surface area (Å²) < 4.78 is 31.5. The third kappa shape index (κ3) is 4.20. The molecular weight excluding hydrogens is 376 g/mol. The van der Waals surface area contributed by atoms with E-state index in [4.69, 9.17) is 4.42 Å². The summed E-state index contributed by atoms with van der Waals surface area (Å²) in [4.78, 5) is 29.2. The standard InChI is InChI=1S/C18H15F2N3O3S/c1-9(21-17(25)14-4-3-7-26-14)16(24)23-18-22-15(10(2)27-18)11-5-6-12(19)13(20)8-11/h3-9H,1-2H3,(H,21,25)(H,22,23,24). The average Bonchev–Trinajstić information content (AvgIpc) is 3.27. The first-order valence-electron chi connectivity index (χ1n) is 7.93. The van der Waals surface area contributed by atoms with Crippen LogP contribution in [0.1, 0.15) is 22.4 Å². The molecule has 6 nitrogen and oxygen atoms in total. The molecule has 0 aliphatic heterocycles. The van der Waals surface area contributed by atoms with Gasteiger partial charge in [0.2, 0.25) is 5.91 Å². The number of hydrogen-bond acceptors (Lipinski definition) is 5. The molecule has 140 valence electrons. The molecule has 2 N–H and O–H groups in total. The minimum absolute atomic E-state index is 0.0976. The number of nitrogens with zero attached hydrogens (tertiary/aromatic N) is 1. The molecular formula is C18H15F2N3O3S. The molecule has 0 aliphatic carbocycles. The van der Waals surface area contributed by atoms with Crippen molar-refractivity contribution in [3.05, 3.63) is 58.9 Å². The van der Waals surface area contributed by atoms with Gasteiger partial charge in [0.25, 0.3) is 5.91 Å². The van der Waals surface area contributed by atoms with E-state index in [1.54, 1.807) is 13.0 Å². The van der Waals surface area contributed by atoms with Gasteiger partial charge in [-0.3, -0.25) is 9.59 Å². The van der Waals surface area contributed by atoms with Crippen LogP contribution in [0.3, 0.4) is 0 Å². The highest BCUT2D eigenvalue weighted by Gasteiger charge is 2.20. The molecule has 0 saturated heterocycles. The van der Waals surface area contributed by atoms with Crippen LogP contribution in [0.5, 0.6) is 0 Å². The number of halogens is 2. The Kier molecular flexibility index (Phi) is 5.31. The second kappa shape index (κ2) is 7.67. The molecule has 0 bridgehead atoms. The third-order valence-corrected chi connectivity index (χ3v) is 4.59. The van der Waals surface area contributed by atoms with E-state index in [2.05, 4.69) is 15.6 Å². The molecule has 0 saturated carbocycles. The molecule has 1 unspecified atom stereocenters. The minimum Gasteiger partial charge on any atom is -0.459 e. The van der Waals surface area contributed by atoms with Crippen molar-refractivity contribution < 1.29 is 22.8 Å². The van der Waals surface area contributed by atoms with E-state index >= 15 is 0 Å². The van der Waals surface area contributed by atoms with Crippen LogP contribution < -0.4 is 10.6 Å². The molecule has 0 fully saturated rings. The Morgan fingerprint density at radius 3 is 2.67 bits per heavy atom. The zero-order valence-electron chi connectivity index (χ0n) is 14.4. The number of hydrogen-bond donors (Lipinski definition) is 2. The number of thiazole rings is 1. The van der Waals surface area contributed by atoms with Gasteiger partial charge in [0.15, 0.2) is 22.5 Å². The number of nitrogens with one attached hydrogen (secondary N) is 2. The summed E-state index contributed by atoms with van der Waals surface area (Å²) in [6, 6.07) is 5.70. The Morgan fingerprint density at radius 2 is 2.00 bits per heavy atom. The molecule has 2 aromatic heterocycles. The quantitative estimate of drug-likeness (QED) is 0.694. The van der Waals surface area contributed by atoms with Crippen LogP contribution in [0.4, 0.5) is 13.9 Å². The van der Waals surface area contributed by atoms with Gasteiger partial charge in [0.1, 0.15) is 6.04 Å². The molecule has 3 rings (SSSR count). The summed E-state index contributed by atoms with van der Waals surface area (Å²) in [7, 11) is 0. The number of benzene rings is 1. The van der Waals surface area contributed by atoms with Gasteiger partial charge in [0, 0.05) is 10.4 Å². The van der Waals surface area contributed by atoms with Crippen LogP contribution in [0.2, 0.25) is 0 Å². The molecule has 0 aliphatic rings. The average molecular weight is 391 g/mol. The van der Waals surface area contributed by atoms with Gasteiger partial charge >= 0.3 is 0 Å². The first-order valence-corrected chi connectivity index (χ1v) is 8.75. The van der Waals surface area contributed by atoms with Crippen molar-refractivity contribution in [2.24, 2.45) is 0 Å². The Balaban J connectivity index is 1.69. The number of anilines is 1. The SMILES string of the molecule is Cc1sc(NC(=O)C(C)NC(=O)c2ccco2)nc1-c1ccc(F)c(F)c1. The van der Waals surface area contributed by atoms with Crippen LogP contribution in [0, 0.1) is 18.6 Å². The van der Waals surface area contributed by atoms with Gasteiger partial charge < -0.3 is 15.1 Å². The molecule has 3 aromatic rings. The van der Waals surface area contributed by atoms with Crippen molar-refractivity contribution in [3.8, 4) is 11.3 Å². The Bertz CT molecular complexity index is 986. The van der Waals surface area contributed by atoms with Gasteiger partial charge in [-0.1, -0.05) is 0 Å². The fourth-order valence-electron chi connectivity index (χ4n) is 2.32. The second-order valence-electron chi connectivity index (χ2n) is 5.71. The molecule has 1 atom stereocenters. The summed E-state index contributed by atoms with van der Waals surface area (Å²) in [6.07, 6.45) is 1.36. The summed E-state index contributed by atoms with van der Waals surface area (Å²) in [6.45, 7) is 3.28. The number of aryl methyl sites for hydroxylation is 1. The number of furan rings is 1. The normalized spacial score (nSPS) is 11.9. The monoisotopic (exact) mass is 391 g/mol. The van der Waals surface area contributed by atoms with Crippen molar-refractivity contribution in [2.75, 3.05) is 5.32 Å². The summed E-state index contributed by atoms with van der Waals surface area (Å²) in [5.41, 5.74) is 0.851. The van der Waals surface area contributed by atoms with Crippen molar-refractivity contribution in [3.63, 3.8) is 0 Å². The van der Waals surface area contributed by atoms with Crippen LogP contribution in [0.25, 0.3) is 11.3 Å². The number of carbonyl (C=O) groups is 2. The first-order chi connectivity index (χ1) is 12.8. The van der Waals surface area contributed by atoms with Crippen LogP contribution in [0.15, 0.2) is 41.0 Å². The maximum Gasteiger partial charge on any atom is 0.287 e. The van der Waals surface area contributed by atoms with Crippen molar-refractivity contribution in [2.45, 2.75) is 19.9 Å². The Labute approximate surface area is 157 Å². The van der Waals surface area contributed by atoms with E-state index < -0.39 is 29.5 Å². The Hall–Kier alpha value is -3.07. The molecule has 2 amide bonds. The zero-order chi connectivity index (χ0) is 19.6. The topological polar surface area (TPSA) is 84.2 Å². The van der Waals surface area contributed by atoms with Gasteiger partial charge in [-0.2, -0.15) is 0 Å². The van der Waals surface area contributed by atoms with Crippen molar-refractivity contribution in [1.82, 2.24) is 10.3 Å². The number of carbonyl (C=O) groups excluding carboxylic acids is 2. The lowest BCUT2D eigenvalue weighted by atomic mass is 10.1. The van der Waals surface area contributed by atoms with Gasteiger partial charge in [-0.25, -0.2) is 13.8 Å². The highest BCUT2D eigenvalue weighted by molar-refractivity contribution is 7.16. The highest BCUT2D eigenvalue weighted by atomic mass is 32.1. The van der Waals surface area contributed by atoms with E-state index in [0.717, 1.165) is 17.0 Å². The zero-order valence-corrected chi connectivity index (χ0v) is 15.2. The molecule has 9 heteroatoms. The van der Waals surface area contributed by atoms with Crippen LogP contribution in [-0.4, -0.2) is 22.8 Å².